The van der Waals surface area contributed by atoms with E-state index in [1.54, 1.807) is 0 Å². The summed E-state index contributed by atoms with van der Waals surface area (Å²) in [5, 5.41) is 11.5. The fourth-order valence-electron chi connectivity index (χ4n) is 2.54. The van der Waals surface area contributed by atoms with E-state index < -0.39 is 34.0 Å². The molecule has 1 aliphatic heterocycles. The molecule has 0 spiro atoms. The fourth-order valence-corrected chi connectivity index (χ4v) is 3.74. The highest BCUT2D eigenvalue weighted by Gasteiger charge is 2.32. The predicted molar refractivity (Wildman–Crippen MR) is 94.5 cm³/mol. The first-order valence-electron chi connectivity index (χ1n) is 8.13. The molecule has 0 aliphatic carbocycles. The molecule has 1 heterocycles. The van der Waals surface area contributed by atoms with E-state index >= 15 is 0 Å². The van der Waals surface area contributed by atoms with E-state index in [4.69, 9.17) is 9.84 Å². The van der Waals surface area contributed by atoms with Gasteiger partial charge in [0, 0.05) is 19.2 Å². The molecule has 0 saturated carbocycles. The Bertz CT molecular complexity index is 823. The lowest BCUT2D eigenvalue weighted by Gasteiger charge is -2.32. The van der Waals surface area contributed by atoms with Crippen molar-refractivity contribution in [1.82, 2.24) is 9.62 Å². The number of sulfonamides is 1. The SMILES string of the molecule is CC(=O)Nc1ccc(S(=O)(=O)NC(C)C(=O)N2CCOC(C(=O)O)C2)cc1. The largest absolute Gasteiger partial charge is 0.479 e. The van der Waals surface area contributed by atoms with Crippen molar-refractivity contribution in [3.63, 3.8) is 0 Å². The van der Waals surface area contributed by atoms with Crippen LogP contribution in [0.25, 0.3) is 0 Å². The van der Waals surface area contributed by atoms with E-state index in [0.29, 0.717) is 5.69 Å². The molecule has 2 atom stereocenters. The molecule has 148 valence electrons. The highest BCUT2D eigenvalue weighted by Crippen LogP contribution is 2.15. The van der Waals surface area contributed by atoms with E-state index in [2.05, 4.69) is 10.0 Å². The summed E-state index contributed by atoms with van der Waals surface area (Å²) in [5.41, 5.74) is 0.443. The number of amides is 2. The quantitative estimate of drug-likeness (QED) is 0.592. The number of nitrogens with one attached hydrogen (secondary N) is 2. The molecule has 27 heavy (non-hydrogen) atoms. The number of nitrogens with zero attached hydrogens (tertiary/aromatic N) is 1. The molecule has 11 heteroatoms. The molecular formula is C16H21N3O7S. The number of ether oxygens (including phenoxy) is 1. The molecule has 3 N–H and O–H groups in total. The number of aliphatic carboxylic acids is 1. The molecule has 10 nitrogen and oxygen atoms in total. The minimum atomic E-state index is -3.98. The summed E-state index contributed by atoms with van der Waals surface area (Å²) in [5.74, 6) is -2.00. The van der Waals surface area contributed by atoms with Crippen LogP contribution in [0, 0.1) is 0 Å². The van der Waals surface area contributed by atoms with Gasteiger partial charge in [0.05, 0.1) is 24.1 Å². The highest BCUT2D eigenvalue weighted by molar-refractivity contribution is 7.89. The van der Waals surface area contributed by atoms with Gasteiger partial charge in [0.2, 0.25) is 21.8 Å². The van der Waals surface area contributed by atoms with E-state index in [0.717, 1.165) is 0 Å². The number of carbonyl (C=O) groups excluding carboxylic acids is 2. The minimum absolute atomic E-state index is 0.0623. The van der Waals surface area contributed by atoms with Crippen LogP contribution in [0.4, 0.5) is 5.69 Å². The van der Waals surface area contributed by atoms with Gasteiger partial charge < -0.3 is 20.1 Å². The van der Waals surface area contributed by atoms with Gasteiger partial charge in [-0.05, 0) is 31.2 Å². The molecule has 0 radical (unpaired) electrons. The average molecular weight is 399 g/mol. The average Bonchev–Trinajstić information content (AvgIpc) is 2.60. The van der Waals surface area contributed by atoms with Crippen molar-refractivity contribution in [2.45, 2.75) is 30.9 Å². The van der Waals surface area contributed by atoms with Gasteiger partial charge in [-0.1, -0.05) is 0 Å². The third kappa shape index (κ3) is 5.49. The van der Waals surface area contributed by atoms with Crippen LogP contribution in [0.2, 0.25) is 0 Å². The lowest BCUT2D eigenvalue weighted by atomic mass is 10.2. The Labute approximate surface area is 156 Å². The summed E-state index contributed by atoms with van der Waals surface area (Å²) >= 11 is 0. The van der Waals surface area contributed by atoms with Gasteiger partial charge in [-0.15, -0.1) is 0 Å². The lowest BCUT2D eigenvalue weighted by Crippen LogP contribution is -2.54. The molecule has 1 aromatic rings. The minimum Gasteiger partial charge on any atom is -0.479 e. The van der Waals surface area contributed by atoms with Crippen LogP contribution in [-0.2, 0) is 29.1 Å². The maximum Gasteiger partial charge on any atom is 0.334 e. The summed E-state index contributed by atoms with van der Waals surface area (Å²) in [6, 6.07) is 4.39. The van der Waals surface area contributed by atoms with Crippen molar-refractivity contribution < 1.29 is 32.6 Å². The number of carboxylic acid groups (broad SMARTS) is 1. The summed E-state index contributed by atoms with van der Waals surface area (Å²) in [6.45, 7) is 2.81. The van der Waals surface area contributed by atoms with Gasteiger partial charge in [-0.2, -0.15) is 4.72 Å². The molecule has 1 aliphatic rings. The maximum absolute atomic E-state index is 12.5. The number of hydrogen-bond donors (Lipinski definition) is 3. The molecule has 2 rings (SSSR count). The van der Waals surface area contributed by atoms with E-state index in [-0.39, 0.29) is 30.5 Å². The first kappa shape index (κ1) is 20.8. The first-order chi connectivity index (χ1) is 12.6. The van der Waals surface area contributed by atoms with Gasteiger partial charge in [0.15, 0.2) is 6.10 Å². The summed E-state index contributed by atoms with van der Waals surface area (Å²) in [7, 11) is -3.98. The smallest absolute Gasteiger partial charge is 0.334 e. The molecule has 1 aromatic carbocycles. The van der Waals surface area contributed by atoms with Gasteiger partial charge in [0.25, 0.3) is 0 Å². The lowest BCUT2D eigenvalue weighted by molar-refractivity contribution is -0.159. The van der Waals surface area contributed by atoms with Crippen LogP contribution < -0.4 is 10.0 Å². The third-order valence-corrected chi connectivity index (χ3v) is 5.40. The standard InChI is InChI=1S/C16H21N3O7S/c1-10(15(21)19-7-8-26-14(9-19)16(22)23)18-27(24,25)13-5-3-12(4-6-13)17-11(2)20/h3-6,10,14,18H,7-9H2,1-2H3,(H,17,20)(H,22,23). The number of carboxylic acids is 1. The molecule has 1 fully saturated rings. The topological polar surface area (TPSA) is 142 Å². The monoisotopic (exact) mass is 399 g/mol. The maximum atomic E-state index is 12.5. The van der Waals surface area contributed by atoms with Crippen LogP contribution in [0.3, 0.4) is 0 Å². The Kier molecular flexibility index (Phi) is 6.52. The van der Waals surface area contributed by atoms with Crippen molar-refractivity contribution in [3.05, 3.63) is 24.3 Å². The van der Waals surface area contributed by atoms with Crippen LogP contribution in [0.5, 0.6) is 0 Å². The van der Waals surface area contributed by atoms with Crippen LogP contribution in [0.1, 0.15) is 13.8 Å². The normalized spacial score (nSPS) is 18.6. The van der Waals surface area contributed by atoms with Crippen molar-refractivity contribution in [1.29, 1.82) is 0 Å². The van der Waals surface area contributed by atoms with Crippen LogP contribution >= 0.6 is 0 Å². The number of rotatable bonds is 6. The van der Waals surface area contributed by atoms with Crippen LogP contribution in [0.15, 0.2) is 29.2 Å². The second-order valence-corrected chi connectivity index (χ2v) is 7.74. The van der Waals surface area contributed by atoms with Crippen LogP contribution in [-0.4, -0.2) is 68.1 Å². The number of morpholine rings is 1. The number of anilines is 1. The number of carbonyl (C=O) groups is 3. The second kappa shape index (κ2) is 8.46. The van der Waals surface area contributed by atoms with E-state index in [1.165, 1.54) is 43.0 Å². The molecule has 2 amide bonds. The Balaban J connectivity index is 2.04. The highest BCUT2D eigenvalue weighted by atomic mass is 32.2. The zero-order valence-corrected chi connectivity index (χ0v) is 15.7. The van der Waals surface area contributed by atoms with Gasteiger partial charge in [-0.3, -0.25) is 9.59 Å². The molecule has 1 saturated heterocycles. The second-order valence-electron chi connectivity index (χ2n) is 6.03. The van der Waals surface area contributed by atoms with E-state index in [1.807, 2.05) is 0 Å². The number of benzene rings is 1. The molecular weight excluding hydrogens is 378 g/mol. The van der Waals surface area contributed by atoms with Gasteiger partial charge in [0.1, 0.15) is 0 Å². The number of hydrogen-bond acceptors (Lipinski definition) is 6. The van der Waals surface area contributed by atoms with Crippen molar-refractivity contribution in [2.24, 2.45) is 0 Å². The fraction of sp³-hybridized carbons (Fsp3) is 0.438. The van der Waals surface area contributed by atoms with Crippen molar-refractivity contribution in [2.75, 3.05) is 25.0 Å². The zero-order chi connectivity index (χ0) is 20.2. The predicted octanol–water partition coefficient (Wildman–Crippen LogP) is -0.376. The van der Waals surface area contributed by atoms with Gasteiger partial charge >= 0.3 is 5.97 Å². The molecule has 2 unspecified atom stereocenters. The van der Waals surface area contributed by atoms with Crippen molar-refractivity contribution >= 4 is 33.5 Å². The summed E-state index contributed by atoms with van der Waals surface area (Å²) in [6.07, 6.45) is -1.13. The summed E-state index contributed by atoms with van der Waals surface area (Å²) < 4.78 is 32.2. The van der Waals surface area contributed by atoms with Gasteiger partial charge in [-0.25, -0.2) is 13.2 Å². The Morgan fingerprint density at radius 2 is 1.89 bits per heavy atom. The Morgan fingerprint density at radius 3 is 2.44 bits per heavy atom. The Morgan fingerprint density at radius 1 is 1.26 bits per heavy atom. The molecule has 0 aromatic heterocycles. The zero-order valence-electron chi connectivity index (χ0n) is 14.8. The molecule has 0 bridgehead atoms. The van der Waals surface area contributed by atoms with E-state index in [9.17, 15) is 22.8 Å². The Hall–Kier alpha value is -2.50. The third-order valence-electron chi connectivity index (χ3n) is 3.84. The van der Waals surface area contributed by atoms with Crippen molar-refractivity contribution in [3.8, 4) is 0 Å². The first-order valence-corrected chi connectivity index (χ1v) is 9.61. The summed E-state index contributed by atoms with van der Waals surface area (Å²) in [4.78, 5) is 35.6.